The van der Waals surface area contributed by atoms with Crippen LogP contribution in [-0.2, 0) is 5.41 Å². The van der Waals surface area contributed by atoms with Crippen molar-refractivity contribution >= 4 is 39.0 Å². The lowest BCUT2D eigenvalue weighted by molar-refractivity contribution is 0.669. The van der Waals surface area contributed by atoms with Crippen LogP contribution in [0.3, 0.4) is 0 Å². The highest BCUT2D eigenvalue weighted by atomic mass is 16.3. The van der Waals surface area contributed by atoms with Crippen LogP contribution in [0.25, 0.3) is 55.3 Å². The number of hydrogen-bond donors (Lipinski definition) is 0. The van der Waals surface area contributed by atoms with Crippen LogP contribution in [0.5, 0.6) is 0 Å². The number of anilines is 3. The van der Waals surface area contributed by atoms with E-state index in [1.54, 1.807) is 0 Å². The second-order valence-electron chi connectivity index (χ2n) is 13.1. The Hall–Kier alpha value is -6.64. The summed E-state index contributed by atoms with van der Waals surface area (Å²) in [5.41, 5.74) is 12.8. The molecule has 0 saturated carbocycles. The van der Waals surface area contributed by atoms with Crippen molar-refractivity contribution in [3.8, 4) is 33.4 Å². The summed E-state index contributed by atoms with van der Waals surface area (Å²) in [4.78, 5) is 1.81. The molecule has 0 N–H and O–H groups in total. The number of benzene rings is 8. The molecule has 2 aliphatic rings. The topological polar surface area (TPSA) is 16.4 Å². The number of nitrogens with zero attached hydrogens (tertiary/aromatic N) is 1. The van der Waals surface area contributed by atoms with Crippen molar-refractivity contribution in [2.24, 2.45) is 0 Å². The molecule has 0 radical (unpaired) electrons. The van der Waals surface area contributed by atoms with Gasteiger partial charge >= 0.3 is 0 Å². The molecule has 0 saturated heterocycles. The molecule has 0 aliphatic heterocycles. The van der Waals surface area contributed by atoms with Crippen LogP contribution in [0.2, 0.25) is 0 Å². The molecule has 1 aromatic heterocycles. The van der Waals surface area contributed by atoms with Gasteiger partial charge in [-0.15, -0.1) is 0 Å². The van der Waals surface area contributed by atoms with E-state index in [1.165, 1.54) is 44.5 Å². The first-order valence-electron chi connectivity index (χ1n) is 20.5. The first-order chi connectivity index (χ1) is 28.2. The van der Waals surface area contributed by atoms with Crippen LogP contribution in [0.4, 0.5) is 17.1 Å². The van der Waals surface area contributed by atoms with Gasteiger partial charge in [0.2, 0.25) is 0 Å². The molecule has 0 bridgehead atoms. The van der Waals surface area contributed by atoms with Crippen molar-refractivity contribution in [2.45, 2.75) is 5.41 Å². The second-order valence-corrected chi connectivity index (χ2v) is 13.1. The molecule has 9 aromatic rings. The quantitative estimate of drug-likeness (QED) is 0.187. The fourth-order valence-electron chi connectivity index (χ4n) is 8.57. The summed E-state index contributed by atoms with van der Waals surface area (Å²) in [6.07, 6.45) is 0. The van der Waals surface area contributed by atoms with E-state index in [1.807, 2.05) is 59.5 Å². The number of para-hydroxylation sites is 2. The van der Waals surface area contributed by atoms with Gasteiger partial charge in [-0.2, -0.15) is 0 Å². The number of furan rings is 1. The minimum Gasteiger partial charge on any atom is -0.456 e. The Morgan fingerprint density at radius 3 is 1.69 bits per heavy atom. The van der Waals surface area contributed by atoms with E-state index in [0.29, 0.717) is 11.4 Å². The zero-order valence-electron chi connectivity index (χ0n) is 34.2. The van der Waals surface area contributed by atoms with E-state index >= 15 is 0 Å². The van der Waals surface area contributed by atoms with E-state index in [4.69, 9.17) is 12.6 Å². The molecular weight excluding hydrogens is 619 g/mol. The zero-order chi connectivity index (χ0) is 39.6. The molecule has 1 spiro atoms. The molecule has 1 heterocycles. The van der Waals surface area contributed by atoms with Crippen molar-refractivity contribution in [2.75, 3.05) is 4.90 Å². The summed E-state index contributed by atoms with van der Waals surface area (Å²) in [5.74, 6) is 0. The first kappa shape index (κ1) is 22.2. The maximum Gasteiger partial charge on any atom is 0.137 e. The van der Waals surface area contributed by atoms with Gasteiger partial charge in [0, 0.05) is 16.8 Å². The minimum atomic E-state index is -0.477. The molecule has 11 rings (SSSR count). The molecule has 2 aliphatic carbocycles. The average molecular weight is 657 g/mol. The smallest absolute Gasteiger partial charge is 0.137 e. The highest BCUT2D eigenvalue weighted by Crippen LogP contribution is 2.63. The van der Waals surface area contributed by atoms with Gasteiger partial charge in [0.05, 0.1) is 26.1 Å². The van der Waals surface area contributed by atoms with Gasteiger partial charge in [0.1, 0.15) is 11.2 Å². The van der Waals surface area contributed by atoms with Gasteiger partial charge < -0.3 is 9.32 Å². The third-order valence-corrected chi connectivity index (χ3v) is 10.6. The SMILES string of the molecule is [2H]c1c([2H])c([2H])c2c(oc3c([2H])c([2H])c([2H])c(N(c4ccccc4)c4ccc(-c5ccc6c(c5)C5(c7ccccc7-c7ccccc75)c5ccccc5-6)cc4)c32)c1[2H]. The van der Waals surface area contributed by atoms with Crippen molar-refractivity contribution in [3.63, 3.8) is 0 Å². The third kappa shape index (κ3) is 3.87. The lowest BCUT2D eigenvalue weighted by Crippen LogP contribution is -2.25. The van der Waals surface area contributed by atoms with Gasteiger partial charge in [-0.05, 0) is 104 Å². The minimum absolute atomic E-state index is 0.0682. The van der Waals surface area contributed by atoms with E-state index in [2.05, 4.69) is 91.0 Å². The molecule has 51 heavy (non-hydrogen) atoms. The Bertz CT molecular complexity index is 3150. The first-order valence-corrected chi connectivity index (χ1v) is 17.0. The predicted molar refractivity (Wildman–Crippen MR) is 210 cm³/mol. The van der Waals surface area contributed by atoms with E-state index in [0.717, 1.165) is 11.1 Å². The predicted octanol–water partition coefficient (Wildman–Crippen LogP) is 13.1. The van der Waals surface area contributed by atoms with Crippen molar-refractivity contribution in [3.05, 3.63) is 210 Å². The average Bonchev–Trinajstić information content (AvgIpc) is 3.91. The normalized spacial score (nSPS) is 15.2. The largest absolute Gasteiger partial charge is 0.456 e. The Morgan fingerprint density at radius 1 is 0.451 bits per heavy atom. The Labute approximate surface area is 306 Å². The van der Waals surface area contributed by atoms with Crippen molar-refractivity contribution in [1.82, 2.24) is 0 Å². The lowest BCUT2D eigenvalue weighted by Gasteiger charge is -2.30. The highest BCUT2D eigenvalue weighted by Gasteiger charge is 2.51. The van der Waals surface area contributed by atoms with E-state index < -0.39 is 17.5 Å². The second kappa shape index (κ2) is 10.7. The molecule has 0 atom stereocenters. The summed E-state index contributed by atoms with van der Waals surface area (Å²) >= 11 is 0. The van der Waals surface area contributed by atoms with Crippen molar-refractivity contribution in [1.29, 1.82) is 0 Å². The van der Waals surface area contributed by atoms with Gasteiger partial charge in [-0.3, -0.25) is 0 Å². The van der Waals surface area contributed by atoms with Crippen LogP contribution < -0.4 is 4.90 Å². The number of hydrogen-bond acceptors (Lipinski definition) is 2. The van der Waals surface area contributed by atoms with E-state index in [9.17, 15) is 1.37 Å². The summed E-state index contributed by atoms with van der Waals surface area (Å²) in [5, 5.41) is 0.250. The van der Waals surface area contributed by atoms with Gasteiger partial charge in [-0.25, -0.2) is 0 Å². The van der Waals surface area contributed by atoms with Gasteiger partial charge in [0.15, 0.2) is 0 Å². The molecule has 2 nitrogen and oxygen atoms in total. The van der Waals surface area contributed by atoms with Crippen LogP contribution in [0, 0.1) is 0 Å². The van der Waals surface area contributed by atoms with E-state index in [-0.39, 0.29) is 57.8 Å². The summed E-state index contributed by atoms with van der Waals surface area (Å²) < 4.78 is 67.2. The van der Waals surface area contributed by atoms with Crippen LogP contribution in [0.1, 0.15) is 31.8 Å². The highest BCUT2D eigenvalue weighted by molar-refractivity contribution is 6.13. The molecular formula is C49H31NO. The summed E-state index contributed by atoms with van der Waals surface area (Å²) in [6, 6.07) is 47.7. The fourth-order valence-corrected chi connectivity index (χ4v) is 8.57. The lowest BCUT2D eigenvalue weighted by atomic mass is 9.70. The summed E-state index contributed by atoms with van der Waals surface area (Å²) in [7, 11) is 0. The monoisotopic (exact) mass is 656 g/mol. The Morgan fingerprint density at radius 2 is 1.00 bits per heavy atom. The van der Waals surface area contributed by atoms with Crippen molar-refractivity contribution < 1.29 is 14.0 Å². The van der Waals surface area contributed by atoms with Crippen LogP contribution >= 0.6 is 0 Å². The fraction of sp³-hybridized carbons (Fsp3) is 0.0204. The number of fused-ring (bicyclic) bond motifs is 13. The van der Waals surface area contributed by atoms with Crippen LogP contribution in [0.15, 0.2) is 192 Å². The zero-order valence-corrected chi connectivity index (χ0v) is 27.2. The standard InChI is InChI=1S/C49H31NO/c1-2-13-34(14-3-1)50(45-22-12-24-47-48(45)40-18-7-11-23-46(40)51-47)35-28-25-32(26-29-35)33-27-30-39-38-17-6-10-21-43(38)49(44(39)31-33)41-19-8-4-15-36(41)37-16-5-9-20-42(37)49/h1-31H/i7D,11D,12D,18D,22D,23D,24D. The molecule has 8 aromatic carbocycles. The number of rotatable bonds is 4. The Kier molecular flexibility index (Phi) is 4.64. The molecule has 0 unspecified atom stereocenters. The maximum absolute atomic E-state index is 9.28. The molecule has 238 valence electrons. The van der Waals surface area contributed by atoms with Gasteiger partial charge in [-0.1, -0.05) is 139 Å². The molecule has 2 heteroatoms. The maximum atomic E-state index is 9.28. The molecule has 0 amide bonds. The Balaban J connectivity index is 1.11. The molecule has 0 fully saturated rings. The van der Waals surface area contributed by atoms with Gasteiger partial charge in [0.25, 0.3) is 0 Å². The summed E-state index contributed by atoms with van der Waals surface area (Å²) in [6.45, 7) is 0. The van der Waals surface area contributed by atoms with Crippen LogP contribution in [-0.4, -0.2) is 0 Å². The third-order valence-electron chi connectivity index (χ3n) is 10.6.